The van der Waals surface area contributed by atoms with Gasteiger partial charge in [-0.25, -0.2) is 4.98 Å². The zero-order valence-corrected chi connectivity index (χ0v) is 8.09. The van der Waals surface area contributed by atoms with Crippen LogP contribution in [0.15, 0.2) is 16.7 Å². The third kappa shape index (κ3) is 1.97. The van der Waals surface area contributed by atoms with Crippen molar-refractivity contribution in [1.29, 1.82) is 0 Å². The van der Waals surface area contributed by atoms with Crippen molar-refractivity contribution in [3.8, 4) is 0 Å². The Kier molecular flexibility index (Phi) is 2.36. The summed E-state index contributed by atoms with van der Waals surface area (Å²) < 4.78 is 5.49. The molecule has 0 aliphatic rings. The van der Waals surface area contributed by atoms with Crippen molar-refractivity contribution in [3.63, 3.8) is 0 Å². The van der Waals surface area contributed by atoms with E-state index in [1.807, 2.05) is 19.1 Å². The Labute approximate surface area is 73.3 Å². The average molecular weight is 165 g/mol. The van der Waals surface area contributed by atoms with E-state index >= 15 is 0 Å². The molecular weight excluding hydrogens is 150 g/mol. The van der Waals surface area contributed by atoms with Crippen molar-refractivity contribution in [2.45, 2.75) is 33.1 Å². The first-order chi connectivity index (χ1) is 5.54. The molecule has 0 saturated carbocycles. The Morgan fingerprint density at radius 2 is 2.08 bits per heavy atom. The van der Waals surface area contributed by atoms with Gasteiger partial charge in [-0.2, -0.15) is 0 Å². The Hall–Kier alpha value is -1.05. The van der Waals surface area contributed by atoms with Gasteiger partial charge in [0.05, 0.1) is 6.20 Å². The van der Waals surface area contributed by atoms with Crippen LogP contribution in [0, 0.1) is 0 Å². The number of oxazole rings is 1. The van der Waals surface area contributed by atoms with Crippen LogP contribution >= 0.6 is 0 Å². The summed E-state index contributed by atoms with van der Waals surface area (Å²) in [5.41, 5.74) is 0.0484. The Morgan fingerprint density at radius 3 is 2.50 bits per heavy atom. The topological polar surface area (TPSA) is 26.0 Å². The molecule has 0 aliphatic heterocycles. The largest absolute Gasteiger partial charge is 0.441 e. The van der Waals surface area contributed by atoms with Gasteiger partial charge in [0.1, 0.15) is 5.76 Å². The molecule has 66 valence electrons. The van der Waals surface area contributed by atoms with Gasteiger partial charge < -0.3 is 4.42 Å². The molecule has 1 aromatic heterocycles. The summed E-state index contributed by atoms with van der Waals surface area (Å²) in [4.78, 5) is 4.12. The third-order valence-corrected chi connectivity index (χ3v) is 1.57. The molecular formula is C10H15NO. The lowest BCUT2D eigenvalue weighted by atomic mass is 9.94. The minimum Gasteiger partial charge on any atom is -0.441 e. The highest BCUT2D eigenvalue weighted by Crippen LogP contribution is 2.22. The zero-order chi connectivity index (χ0) is 9.19. The molecule has 0 fully saturated rings. The molecule has 0 amide bonds. The monoisotopic (exact) mass is 165 g/mol. The lowest BCUT2D eigenvalue weighted by Gasteiger charge is -2.12. The number of nitrogens with zero attached hydrogens (tertiary/aromatic N) is 1. The molecule has 0 atom stereocenters. The number of allylic oxidation sites excluding steroid dienone is 1. The Bertz CT molecular complexity index is 278. The Balaban J connectivity index is 2.92. The smallest absolute Gasteiger partial charge is 0.218 e. The van der Waals surface area contributed by atoms with Gasteiger partial charge in [0.2, 0.25) is 5.89 Å². The Morgan fingerprint density at radius 1 is 1.42 bits per heavy atom. The second-order valence-corrected chi connectivity index (χ2v) is 3.81. The molecule has 12 heavy (non-hydrogen) atoms. The molecule has 1 rings (SSSR count). The fraction of sp³-hybridized carbons (Fsp3) is 0.500. The highest BCUT2D eigenvalue weighted by Gasteiger charge is 2.18. The van der Waals surface area contributed by atoms with Gasteiger partial charge in [-0.05, 0) is 13.0 Å². The fourth-order valence-corrected chi connectivity index (χ4v) is 0.854. The van der Waals surface area contributed by atoms with Gasteiger partial charge in [-0.1, -0.05) is 26.8 Å². The first-order valence-electron chi connectivity index (χ1n) is 4.13. The van der Waals surface area contributed by atoms with Crippen LogP contribution in [0.4, 0.5) is 0 Å². The summed E-state index contributed by atoms with van der Waals surface area (Å²) in [7, 11) is 0. The van der Waals surface area contributed by atoms with Gasteiger partial charge in [0.15, 0.2) is 0 Å². The summed E-state index contributed by atoms with van der Waals surface area (Å²) in [5, 5.41) is 0. The molecule has 0 radical (unpaired) electrons. The minimum absolute atomic E-state index is 0.0484. The maximum absolute atomic E-state index is 5.49. The lowest BCUT2D eigenvalue weighted by Crippen LogP contribution is -2.09. The number of hydrogen-bond acceptors (Lipinski definition) is 2. The molecule has 0 aliphatic carbocycles. The molecule has 2 heteroatoms. The predicted octanol–water partition coefficient (Wildman–Crippen LogP) is 3.01. The molecule has 1 heterocycles. The highest BCUT2D eigenvalue weighted by atomic mass is 16.4. The average Bonchev–Trinajstić information content (AvgIpc) is 2.35. The second-order valence-electron chi connectivity index (χ2n) is 3.81. The molecule has 0 aromatic carbocycles. The fourth-order valence-electron chi connectivity index (χ4n) is 0.854. The van der Waals surface area contributed by atoms with E-state index in [4.69, 9.17) is 4.42 Å². The van der Waals surface area contributed by atoms with E-state index in [9.17, 15) is 0 Å². The van der Waals surface area contributed by atoms with Gasteiger partial charge in [0.25, 0.3) is 0 Å². The molecule has 0 spiro atoms. The summed E-state index contributed by atoms with van der Waals surface area (Å²) in [6.07, 6.45) is 5.56. The maximum atomic E-state index is 5.49. The first kappa shape index (κ1) is 9.04. The van der Waals surface area contributed by atoms with Gasteiger partial charge in [-0.15, -0.1) is 0 Å². The molecule has 0 bridgehead atoms. The summed E-state index contributed by atoms with van der Waals surface area (Å²) in [5.74, 6) is 1.61. The first-order valence-corrected chi connectivity index (χ1v) is 4.13. The van der Waals surface area contributed by atoms with E-state index in [-0.39, 0.29) is 5.41 Å². The van der Waals surface area contributed by atoms with Crippen LogP contribution in [0.5, 0.6) is 0 Å². The van der Waals surface area contributed by atoms with Gasteiger partial charge in [0, 0.05) is 5.41 Å². The van der Waals surface area contributed by atoms with E-state index in [2.05, 4.69) is 25.8 Å². The van der Waals surface area contributed by atoms with Crippen LogP contribution < -0.4 is 0 Å². The molecule has 0 saturated heterocycles. The standard InChI is InChI=1S/C10H15NO/c1-5-6-9-11-7-8(12-9)10(2,3)4/h5-7H,1-4H3/b6-5+. The predicted molar refractivity (Wildman–Crippen MR) is 49.9 cm³/mol. The second kappa shape index (κ2) is 3.13. The van der Waals surface area contributed by atoms with Crippen molar-refractivity contribution < 1.29 is 4.42 Å². The van der Waals surface area contributed by atoms with Crippen molar-refractivity contribution in [2.75, 3.05) is 0 Å². The summed E-state index contributed by atoms with van der Waals surface area (Å²) >= 11 is 0. The molecule has 2 nitrogen and oxygen atoms in total. The minimum atomic E-state index is 0.0484. The number of aromatic nitrogens is 1. The van der Waals surface area contributed by atoms with E-state index in [0.717, 1.165) is 5.76 Å². The van der Waals surface area contributed by atoms with Crippen LogP contribution in [0.2, 0.25) is 0 Å². The summed E-state index contributed by atoms with van der Waals surface area (Å²) in [6.45, 7) is 8.26. The zero-order valence-electron chi connectivity index (χ0n) is 8.09. The normalized spacial score (nSPS) is 12.7. The molecule has 1 aromatic rings. The summed E-state index contributed by atoms with van der Waals surface area (Å²) in [6, 6.07) is 0. The molecule has 0 N–H and O–H groups in total. The van der Waals surface area contributed by atoms with E-state index in [1.165, 1.54) is 0 Å². The number of hydrogen-bond donors (Lipinski definition) is 0. The van der Waals surface area contributed by atoms with E-state index in [1.54, 1.807) is 6.20 Å². The van der Waals surface area contributed by atoms with E-state index in [0.29, 0.717) is 5.89 Å². The van der Waals surface area contributed by atoms with Crippen molar-refractivity contribution in [1.82, 2.24) is 4.98 Å². The number of rotatable bonds is 1. The van der Waals surface area contributed by atoms with Crippen LogP contribution in [0.3, 0.4) is 0 Å². The van der Waals surface area contributed by atoms with Gasteiger partial charge in [-0.3, -0.25) is 0 Å². The van der Waals surface area contributed by atoms with Crippen molar-refractivity contribution in [2.24, 2.45) is 0 Å². The van der Waals surface area contributed by atoms with Crippen LogP contribution in [-0.4, -0.2) is 4.98 Å². The van der Waals surface area contributed by atoms with Crippen LogP contribution in [0.25, 0.3) is 6.08 Å². The third-order valence-electron chi connectivity index (χ3n) is 1.57. The van der Waals surface area contributed by atoms with Crippen LogP contribution in [0.1, 0.15) is 39.3 Å². The van der Waals surface area contributed by atoms with Crippen molar-refractivity contribution in [3.05, 3.63) is 23.9 Å². The van der Waals surface area contributed by atoms with Gasteiger partial charge >= 0.3 is 0 Å². The van der Waals surface area contributed by atoms with Crippen LogP contribution in [-0.2, 0) is 5.41 Å². The maximum Gasteiger partial charge on any atom is 0.218 e. The van der Waals surface area contributed by atoms with E-state index < -0.39 is 0 Å². The van der Waals surface area contributed by atoms with Crippen molar-refractivity contribution >= 4 is 6.08 Å². The highest BCUT2D eigenvalue weighted by molar-refractivity contribution is 5.37. The SMILES string of the molecule is C/C=C/c1ncc(C(C)(C)C)o1. The quantitative estimate of drug-likeness (QED) is 0.639. The molecule has 0 unspecified atom stereocenters. The lowest BCUT2D eigenvalue weighted by molar-refractivity contribution is 0.403.